The molecule has 5 atom stereocenters. The number of phosphoric acid groups is 2. The van der Waals surface area contributed by atoms with Crippen molar-refractivity contribution < 1.29 is 80.2 Å². The van der Waals surface area contributed by atoms with Gasteiger partial charge in [-0.1, -0.05) is 374 Å². The molecule has 0 heterocycles. The van der Waals surface area contributed by atoms with E-state index in [1.165, 1.54) is 250 Å². The van der Waals surface area contributed by atoms with Crippen LogP contribution >= 0.6 is 15.6 Å². The Labute approximate surface area is 600 Å². The van der Waals surface area contributed by atoms with Gasteiger partial charge in [-0.2, -0.15) is 0 Å². The van der Waals surface area contributed by atoms with Gasteiger partial charge in [0.05, 0.1) is 26.4 Å². The van der Waals surface area contributed by atoms with Gasteiger partial charge in [0.2, 0.25) is 0 Å². The standard InChI is InChI=1S/C79H154O17P2/c1-5-9-13-17-20-23-26-29-32-35-36-39-42-45-48-51-54-58-62-66-79(84)96-75(70-90-77(82)64-60-56-52-49-46-43-40-37-33-30-27-24-21-18-14-10-6-2)72-94-98(87,88)92-68-73(80)67-91-97(85,86)93-71-74(69-89-76(81)63-59-55-16-12-8-4)95-78(83)65-61-57-53-50-47-44-41-38-34-31-28-25-22-19-15-11-7-3/h73-75,80H,5-72H2,1-4H3,(H,85,86)(H,87,88)/t73-,74+,75+/m0/s1. The average molecular weight is 1440 g/mol. The number of esters is 4. The van der Waals surface area contributed by atoms with Crippen molar-refractivity contribution in [1.82, 2.24) is 0 Å². The summed E-state index contributed by atoms with van der Waals surface area (Å²) in [7, 11) is -9.90. The lowest BCUT2D eigenvalue weighted by atomic mass is 10.0. The van der Waals surface area contributed by atoms with Crippen molar-refractivity contribution in [2.24, 2.45) is 0 Å². The van der Waals surface area contributed by atoms with Gasteiger partial charge in [0.15, 0.2) is 12.2 Å². The molecule has 0 rings (SSSR count). The van der Waals surface area contributed by atoms with Crippen LogP contribution in [-0.4, -0.2) is 96.7 Å². The highest BCUT2D eigenvalue weighted by Crippen LogP contribution is 2.45. The monoisotopic (exact) mass is 1440 g/mol. The highest BCUT2D eigenvalue weighted by atomic mass is 31.2. The zero-order valence-electron chi connectivity index (χ0n) is 63.8. The first-order valence-corrected chi connectivity index (χ1v) is 44.3. The molecule has 0 aromatic rings. The molecular formula is C79H154O17P2. The summed E-state index contributed by atoms with van der Waals surface area (Å²) in [4.78, 5) is 72.7. The fourth-order valence-corrected chi connectivity index (χ4v) is 13.9. The molecule has 0 aliphatic carbocycles. The van der Waals surface area contributed by atoms with Crippen LogP contribution in [0.5, 0.6) is 0 Å². The molecule has 0 aliphatic heterocycles. The Morgan fingerprint density at radius 2 is 0.408 bits per heavy atom. The van der Waals surface area contributed by atoms with Gasteiger partial charge in [0.25, 0.3) is 0 Å². The number of unbranched alkanes of at least 4 members (excludes halogenated alkanes) is 54. The van der Waals surface area contributed by atoms with Gasteiger partial charge < -0.3 is 33.8 Å². The minimum atomic E-state index is -4.96. The molecule has 0 saturated carbocycles. The van der Waals surface area contributed by atoms with Crippen molar-refractivity contribution >= 4 is 39.5 Å². The van der Waals surface area contributed by atoms with E-state index in [-0.39, 0.29) is 25.7 Å². The molecule has 0 bridgehead atoms. The van der Waals surface area contributed by atoms with Crippen LogP contribution in [0.15, 0.2) is 0 Å². The summed E-state index contributed by atoms with van der Waals surface area (Å²) in [6.45, 7) is 4.93. The molecule has 0 aromatic heterocycles. The first-order valence-electron chi connectivity index (χ1n) is 41.3. The minimum Gasteiger partial charge on any atom is -0.462 e. The molecule has 0 aliphatic rings. The van der Waals surface area contributed by atoms with Crippen LogP contribution in [0.2, 0.25) is 0 Å². The predicted molar refractivity (Wildman–Crippen MR) is 400 cm³/mol. The molecular weight excluding hydrogens is 1280 g/mol. The van der Waals surface area contributed by atoms with Gasteiger partial charge in [-0.3, -0.25) is 37.3 Å². The molecule has 0 radical (unpaired) electrons. The number of hydrogen-bond acceptors (Lipinski definition) is 15. The number of rotatable bonds is 80. The summed E-state index contributed by atoms with van der Waals surface area (Å²) in [5.41, 5.74) is 0. The van der Waals surface area contributed by atoms with Gasteiger partial charge >= 0.3 is 39.5 Å². The second kappa shape index (κ2) is 73.4. The van der Waals surface area contributed by atoms with Crippen LogP contribution in [0.3, 0.4) is 0 Å². The number of ether oxygens (including phenoxy) is 4. The number of hydrogen-bond donors (Lipinski definition) is 3. The van der Waals surface area contributed by atoms with Gasteiger partial charge in [0.1, 0.15) is 19.3 Å². The summed E-state index contributed by atoms with van der Waals surface area (Å²) in [6, 6.07) is 0. The van der Waals surface area contributed by atoms with E-state index < -0.39 is 97.5 Å². The molecule has 0 aromatic carbocycles. The van der Waals surface area contributed by atoms with E-state index in [1.54, 1.807) is 0 Å². The van der Waals surface area contributed by atoms with Crippen molar-refractivity contribution in [2.45, 2.75) is 444 Å². The van der Waals surface area contributed by atoms with Crippen molar-refractivity contribution in [2.75, 3.05) is 39.6 Å². The lowest BCUT2D eigenvalue weighted by molar-refractivity contribution is -0.161. The first-order chi connectivity index (χ1) is 47.7. The van der Waals surface area contributed by atoms with E-state index in [2.05, 4.69) is 27.7 Å². The first kappa shape index (κ1) is 96.1. The molecule has 19 heteroatoms. The highest BCUT2D eigenvalue weighted by molar-refractivity contribution is 7.47. The molecule has 3 N–H and O–H groups in total. The molecule has 0 amide bonds. The topological polar surface area (TPSA) is 237 Å². The average Bonchev–Trinajstić information content (AvgIpc) is 1.18. The molecule has 0 saturated heterocycles. The number of carbonyl (C=O) groups is 4. The lowest BCUT2D eigenvalue weighted by Crippen LogP contribution is -2.30. The predicted octanol–water partition coefficient (Wildman–Crippen LogP) is 23.8. The van der Waals surface area contributed by atoms with E-state index in [0.717, 1.165) is 96.3 Å². The zero-order valence-corrected chi connectivity index (χ0v) is 65.6. The Hall–Kier alpha value is -1.94. The third-order valence-electron chi connectivity index (χ3n) is 18.6. The van der Waals surface area contributed by atoms with Crippen molar-refractivity contribution in [3.05, 3.63) is 0 Å². The van der Waals surface area contributed by atoms with Crippen LogP contribution in [0.25, 0.3) is 0 Å². The Kier molecular flexibility index (Phi) is 71.9. The molecule has 2 unspecified atom stereocenters. The summed E-state index contributed by atoms with van der Waals surface area (Å²) in [5.74, 6) is -2.12. The largest absolute Gasteiger partial charge is 0.472 e. The summed E-state index contributed by atoms with van der Waals surface area (Å²) >= 11 is 0. The quantitative estimate of drug-likeness (QED) is 0.0222. The number of phosphoric ester groups is 2. The molecule has 582 valence electrons. The molecule has 98 heavy (non-hydrogen) atoms. The molecule has 0 fully saturated rings. The Morgan fingerprint density at radius 1 is 0.245 bits per heavy atom. The Balaban J connectivity index is 5.12. The minimum absolute atomic E-state index is 0.108. The van der Waals surface area contributed by atoms with Crippen LogP contribution in [0.4, 0.5) is 0 Å². The second-order valence-electron chi connectivity index (χ2n) is 28.5. The highest BCUT2D eigenvalue weighted by Gasteiger charge is 2.30. The Bertz CT molecular complexity index is 1860. The van der Waals surface area contributed by atoms with Gasteiger partial charge in [-0.15, -0.1) is 0 Å². The normalized spacial score (nSPS) is 13.8. The summed E-state index contributed by atoms with van der Waals surface area (Å²) in [5, 5.41) is 10.6. The number of carbonyl (C=O) groups excluding carboxylic acids is 4. The SMILES string of the molecule is CCCCCCCCCCCCCCCCCCCCCC(=O)O[C@H](COC(=O)CCCCCCCCCCCCCCCCCCC)COP(=O)(O)OC[C@@H](O)COP(=O)(O)OC[C@@H](COC(=O)CCCCCCC)OC(=O)CCCCCCCCCCCCCCCCCCC. The van der Waals surface area contributed by atoms with Gasteiger partial charge in [0, 0.05) is 25.7 Å². The van der Waals surface area contributed by atoms with Crippen LogP contribution < -0.4 is 0 Å². The van der Waals surface area contributed by atoms with E-state index >= 15 is 0 Å². The summed E-state index contributed by atoms with van der Waals surface area (Å²) in [6.07, 6.45) is 65.7. The molecule has 0 spiro atoms. The van der Waals surface area contributed by atoms with Crippen LogP contribution in [-0.2, 0) is 65.4 Å². The van der Waals surface area contributed by atoms with Crippen molar-refractivity contribution in [1.29, 1.82) is 0 Å². The maximum atomic E-state index is 13.1. The lowest BCUT2D eigenvalue weighted by Gasteiger charge is -2.21. The molecule has 17 nitrogen and oxygen atoms in total. The number of aliphatic hydroxyl groups is 1. The van der Waals surface area contributed by atoms with Gasteiger partial charge in [-0.05, 0) is 25.7 Å². The van der Waals surface area contributed by atoms with Crippen molar-refractivity contribution in [3.63, 3.8) is 0 Å². The second-order valence-corrected chi connectivity index (χ2v) is 31.4. The van der Waals surface area contributed by atoms with E-state index in [1.807, 2.05) is 0 Å². The van der Waals surface area contributed by atoms with E-state index in [0.29, 0.717) is 25.7 Å². The van der Waals surface area contributed by atoms with Crippen molar-refractivity contribution in [3.8, 4) is 0 Å². The third kappa shape index (κ3) is 72.4. The number of aliphatic hydroxyl groups excluding tert-OH is 1. The smallest absolute Gasteiger partial charge is 0.462 e. The zero-order chi connectivity index (χ0) is 71.8. The summed E-state index contributed by atoms with van der Waals surface area (Å²) < 4.78 is 68.4. The van der Waals surface area contributed by atoms with E-state index in [4.69, 9.17) is 37.0 Å². The van der Waals surface area contributed by atoms with Crippen LogP contribution in [0, 0.1) is 0 Å². The van der Waals surface area contributed by atoms with Crippen LogP contribution in [0.1, 0.15) is 426 Å². The fourth-order valence-electron chi connectivity index (χ4n) is 12.3. The maximum absolute atomic E-state index is 13.1. The Morgan fingerprint density at radius 3 is 0.602 bits per heavy atom. The third-order valence-corrected chi connectivity index (χ3v) is 20.5. The maximum Gasteiger partial charge on any atom is 0.472 e. The van der Waals surface area contributed by atoms with Gasteiger partial charge in [-0.25, -0.2) is 9.13 Å². The fraction of sp³-hybridized carbons (Fsp3) is 0.949. The van der Waals surface area contributed by atoms with E-state index in [9.17, 15) is 43.2 Å².